The number of aliphatic imine (C=N–C) groups is 1. The summed E-state index contributed by atoms with van der Waals surface area (Å²) in [4.78, 5) is 6.94. The molecule has 1 aliphatic rings. The van der Waals surface area contributed by atoms with Crippen molar-refractivity contribution in [3.05, 3.63) is 35.9 Å². The van der Waals surface area contributed by atoms with Gasteiger partial charge in [-0.2, -0.15) is 0 Å². The molecule has 1 heterocycles. The zero-order chi connectivity index (χ0) is 14.8. The Bertz CT molecular complexity index is 466. The van der Waals surface area contributed by atoms with Gasteiger partial charge >= 0.3 is 0 Å². The molecule has 2 atom stereocenters. The van der Waals surface area contributed by atoms with Crippen molar-refractivity contribution in [1.82, 2.24) is 4.90 Å². The molecule has 110 valence electrons. The number of nitrogens with zero attached hydrogens (tertiary/aromatic N) is 2. The summed E-state index contributed by atoms with van der Waals surface area (Å²) in [7, 11) is 0. The Labute approximate surface area is 122 Å². The van der Waals surface area contributed by atoms with E-state index in [1.165, 1.54) is 5.56 Å². The molecule has 3 nitrogen and oxygen atoms in total. The molecule has 0 saturated heterocycles. The third-order valence-corrected chi connectivity index (χ3v) is 4.30. The Morgan fingerprint density at radius 1 is 1.25 bits per heavy atom. The van der Waals surface area contributed by atoms with E-state index < -0.39 is 0 Å². The van der Waals surface area contributed by atoms with Crippen LogP contribution in [0.5, 0.6) is 0 Å². The van der Waals surface area contributed by atoms with Gasteiger partial charge in [0.05, 0.1) is 12.1 Å². The molecule has 2 rings (SSSR count). The summed E-state index contributed by atoms with van der Waals surface area (Å²) in [6.07, 6.45) is 2.15. The molecule has 0 aliphatic carbocycles. The maximum absolute atomic E-state index is 6.22. The second-order valence-corrected chi connectivity index (χ2v) is 6.30. The molecule has 1 aliphatic heterocycles. The van der Waals surface area contributed by atoms with Crippen LogP contribution < -0.4 is 5.73 Å². The summed E-state index contributed by atoms with van der Waals surface area (Å²) in [6.45, 7) is 9.76. The lowest BCUT2D eigenvalue weighted by Crippen LogP contribution is -2.54. The molecule has 3 heteroatoms. The average Bonchev–Trinajstić information content (AvgIpc) is 2.76. The van der Waals surface area contributed by atoms with Gasteiger partial charge in [-0.25, -0.2) is 0 Å². The number of guanidine groups is 1. The third-order valence-electron chi connectivity index (χ3n) is 4.30. The summed E-state index contributed by atoms with van der Waals surface area (Å²) < 4.78 is 0. The van der Waals surface area contributed by atoms with Gasteiger partial charge in [0.25, 0.3) is 0 Å². The number of rotatable bonds is 5. The van der Waals surface area contributed by atoms with Crippen molar-refractivity contribution >= 4 is 5.96 Å². The van der Waals surface area contributed by atoms with Gasteiger partial charge in [0.2, 0.25) is 0 Å². The van der Waals surface area contributed by atoms with Crippen molar-refractivity contribution in [3.8, 4) is 0 Å². The highest BCUT2D eigenvalue weighted by Crippen LogP contribution is 2.40. The van der Waals surface area contributed by atoms with Gasteiger partial charge in [-0.05, 0) is 31.2 Å². The van der Waals surface area contributed by atoms with Gasteiger partial charge in [0, 0.05) is 6.04 Å². The second kappa shape index (κ2) is 5.86. The van der Waals surface area contributed by atoms with E-state index in [4.69, 9.17) is 5.73 Å². The predicted octanol–water partition coefficient (Wildman–Crippen LogP) is 3.36. The lowest BCUT2D eigenvalue weighted by molar-refractivity contribution is 0.125. The first-order valence-corrected chi connectivity index (χ1v) is 7.66. The molecule has 20 heavy (non-hydrogen) atoms. The zero-order valence-corrected chi connectivity index (χ0v) is 13.1. The van der Waals surface area contributed by atoms with E-state index in [-0.39, 0.29) is 5.54 Å². The molecular weight excluding hydrogens is 246 g/mol. The third kappa shape index (κ3) is 2.54. The van der Waals surface area contributed by atoms with E-state index in [1.807, 2.05) is 0 Å². The Kier molecular flexibility index (Phi) is 4.36. The summed E-state index contributed by atoms with van der Waals surface area (Å²) >= 11 is 0. The Morgan fingerprint density at radius 2 is 1.90 bits per heavy atom. The van der Waals surface area contributed by atoms with Crippen LogP contribution in [0.4, 0.5) is 0 Å². The van der Waals surface area contributed by atoms with Crippen LogP contribution in [-0.2, 0) is 5.54 Å². The average molecular weight is 273 g/mol. The Hall–Kier alpha value is -1.51. The molecule has 0 amide bonds. The Balaban J connectivity index is 2.47. The van der Waals surface area contributed by atoms with Crippen LogP contribution in [0.25, 0.3) is 0 Å². The standard InChI is InChI=1S/C17H27N3/c1-5-14(4)20-16(18)19-12-17(20,11-13(2)3)15-9-7-6-8-10-15/h6-10,13-14H,5,11-12H2,1-4H3,(H2,18,19). The second-order valence-electron chi connectivity index (χ2n) is 6.30. The maximum atomic E-state index is 6.22. The topological polar surface area (TPSA) is 41.6 Å². The number of benzene rings is 1. The minimum atomic E-state index is -0.0745. The van der Waals surface area contributed by atoms with Gasteiger partial charge in [0.1, 0.15) is 0 Å². The molecule has 0 bridgehead atoms. The van der Waals surface area contributed by atoms with Crippen molar-refractivity contribution in [3.63, 3.8) is 0 Å². The molecule has 1 aromatic rings. The quantitative estimate of drug-likeness (QED) is 0.894. The fourth-order valence-electron chi connectivity index (χ4n) is 3.35. The van der Waals surface area contributed by atoms with Crippen molar-refractivity contribution < 1.29 is 0 Å². The minimum absolute atomic E-state index is 0.0745. The van der Waals surface area contributed by atoms with E-state index in [1.54, 1.807) is 0 Å². The highest BCUT2D eigenvalue weighted by atomic mass is 15.4. The highest BCUT2D eigenvalue weighted by Gasteiger charge is 2.45. The molecular formula is C17H27N3. The van der Waals surface area contributed by atoms with Crippen LogP contribution in [0.3, 0.4) is 0 Å². The fraction of sp³-hybridized carbons (Fsp3) is 0.588. The summed E-state index contributed by atoms with van der Waals surface area (Å²) in [5, 5.41) is 0. The predicted molar refractivity (Wildman–Crippen MR) is 85.7 cm³/mol. The number of nitrogens with two attached hydrogens (primary N) is 1. The molecule has 0 saturated carbocycles. The number of hydrogen-bond acceptors (Lipinski definition) is 3. The summed E-state index contributed by atoms with van der Waals surface area (Å²) in [5.41, 5.74) is 7.48. The highest BCUT2D eigenvalue weighted by molar-refractivity contribution is 5.81. The van der Waals surface area contributed by atoms with Crippen molar-refractivity contribution in [2.24, 2.45) is 16.6 Å². The maximum Gasteiger partial charge on any atom is 0.192 e. The van der Waals surface area contributed by atoms with Crippen LogP contribution in [0, 0.1) is 5.92 Å². The number of hydrogen-bond donors (Lipinski definition) is 1. The Morgan fingerprint density at radius 3 is 2.45 bits per heavy atom. The van der Waals surface area contributed by atoms with E-state index in [9.17, 15) is 0 Å². The molecule has 0 aromatic heterocycles. The van der Waals surface area contributed by atoms with Gasteiger partial charge < -0.3 is 10.6 Å². The molecule has 2 N–H and O–H groups in total. The first-order chi connectivity index (χ1) is 9.51. The fourth-order valence-corrected chi connectivity index (χ4v) is 3.35. The van der Waals surface area contributed by atoms with E-state index >= 15 is 0 Å². The van der Waals surface area contributed by atoms with Crippen molar-refractivity contribution in [2.45, 2.75) is 52.1 Å². The minimum Gasteiger partial charge on any atom is -0.370 e. The summed E-state index contributed by atoms with van der Waals surface area (Å²) in [5.74, 6) is 1.30. The van der Waals surface area contributed by atoms with Crippen LogP contribution in [0.1, 0.15) is 46.1 Å². The summed E-state index contributed by atoms with van der Waals surface area (Å²) in [6, 6.07) is 11.1. The normalized spacial score (nSPS) is 24.1. The van der Waals surface area contributed by atoms with Gasteiger partial charge in [-0.3, -0.25) is 4.99 Å². The molecule has 0 fully saturated rings. The van der Waals surface area contributed by atoms with E-state index in [2.05, 4.69) is 67.9 Å². The lowest BCUT2D eigenvalue weighted by atomic mass is 9.80. The van der Waals surface area contributed by atoms with Crippen LogP contribution >= 0.6 is 0 Å². The first-order valence-electron chi connectivity index (χ1n) is 7.66. The molecule has 0 spiro atoms. The van der Waals surface area contributed by atoms with Crippen molar-refractivity contribution in [2.75, 3.05) is 6.54 Å². The smallest absolute Gasteiger partial charge is 0.192 e. The SMILES string of the molecule is CCC(C)N1C(N)=NCC1(CC(C)C)c1ccccc1. The van der Waals surface area contributed by atoms with Gasteiger partial charge in [-0.1, -0.05) is 51.1 Å². The van der Waals surface area contributed by atoms with Crippen LogP contribution in [0.2, 0.25) is 0 Å². The van der Waals surface area contributed by atoms with E-state index in [0.717, 1.165) is 19.4 Å². The lowest BCUT2D eigenvalue weighted by Gasteiger charge is -2.44. The van der Waals surface area contributed by atoms with Crippen LogP contribution in [0.15, 0.2) is 35.3 Å². The first kappa shape index (κ1) is 14.9. The van der Waals surface area contributed by atoms with Crippen molar-refractivity contribution in [1.29, 1.82) is 0 Å². The molecule has 1 aromatic carbocycles. The molecule has 2 unspecified atom stereocenters. The van der Waals surface area contributed by atoms with Crippen LogP contribution in [-0.4, -0.2) is 23.4 Å². The van der Waals surface area contributed by atoms with Gasteiger partial charge in [-0.15, -0.1) is 0 Å². The molecule has 0 radical (unpaired) electrons. The monoisotopic (exact) mass is 273 g/mol. The van der Waals surface area contributed by atoms with Gasteiger partial charge in [0.15, 0.2) is 5.96 Å². The largest absolute Gasteiger partial charge is 0.370 e. The van der Waals surface area contributed by atoms with E-state index in [0.29, 0.717) is 17.9 Å². The zero-order valence-electron chi connectivity index (χ0n) is 13.1.